The summed E-state index contributed by atoms with van der Waals surface area (Å²) >= 11 is 0. The maximum absolute atomic E-state index is 12.1. The Kier molecular flexibility index (Phi) is 5.68. The van der Waals surface area contributed by atoms with Crippen LogP contribution in [0.15, 0.2) is 0 Å². The summed E-state index contributed by atoms with van der Waals surface area (Å²) in [5, 5.41) is 10.3. The normalized spacial score (nSPS) is 32.0. The molecule has 0 amide bonds. The summed E-state index contributed by atoms with van der Waals surface area (Å²) in [5.74, 6) is -1.06. The number of hydrogen-bond acceptors (Lipinski definition) is 6. The molecule has 0 bridgehead atoms. The summed E-state index contributed by atoms with van der Waals surface area (Å²) in [6.07, 6.45) is 2.45. The summed E-state index contributed by atoms with van der Waals surface area (Å²) in [5.41, 5.74) is -0.512. The van der Waals surface area contributed by atoms with Crippen molar-refractivity contribution in [1.82, 2.24) is 4.90 Å². The monoisotopic (exact) mass is 327 g/mol. The van der Waals surface area contributed by atoms with E-state index in [9.17, 15) is 14.7 Å². The smallest absolute Gasteiger partial charge is 0.312 e. The van der Waals surface area contributed by atoms with Crippen LogP contribution in [0.3, 0.4) is 0 Å². The van der Waals surface area contributed by atoms with Crippen molar-refractivity contribution in [3.8, 4) is 0 Å². The fraction of sp³-hybridized carbons (Fsp3) is 0.882. The van der Waals surface area contributed by atoms with Crippen LogP contribution >= 0.6 is 0 Å². The molecule has 2 fully saturated rings. The Bertz CT molecular complexity index is 445. The first-order valence-electron chi connectivity index (χ1n) is 8.44. The third-order valence-corrected chi connectivity index (χ3v) is 4.93. The lowest BCUT2D eigenvalue weighted by Crippen LogP contribution is -2.47. The molecule has 0 saturated carbocycles. The van der Waals surface area contributed by atoms with Gasteiger partial charge in [-0.2, -0.15) is 0 Å². The van der Waals surface area contributed by atoms with E-state index in [-0.39, 0.29) is 24.0 Å². The molecule has 0 radical (unpaired) electrons. The SMILES string of the molecule is COC(=O)[C@@H]1[C@@H](O)CCCN2[C@H](COC(=O)C(C)(C)C)CC[C@@H]12. The van der Waals surface area contributed by atoms with Gasteiger partial charge in [-0.25, -0.2) is 0 Å². The van der Waals surface area contributed by atoms with E-state index in [0.29, 0.717) is 13.0 Å². The molecule has 2 aliphatic rings. The zero-order valence-electron chi connectivity index (χ0n) is 14.6. The molecule has 0 unspecified atom stereocenters. The van der Waals surface area contributed by atoms with Crippen LogP contribution in [0.25, 0.3) is 0 Å². The largest absolute Gasteiger partial charge is 0.469 e. The Morgan fingerprint density at radius 2 is 1.91 bits per heavy atom. The van der Waals surface area contributed by atoms with E-state index >= 15 is 0 Å². The molecule has 132 valence electrons. The lowest BCUT2D eigenvalue weighted by atomic mass is 9.91. The Labute approximate surface area is 138 Å². The van der Waals surface area contributed by atoms with E-state index in [1.807, 2.05) is 20.8 Å². The van der Waals surface area contributed by atoms with E-state index < -0.39 is 17.4 Å². The lowest BCUT2D eigenvalue weighted by Gasteiger charge is -2.32. The number of methoxy groups -OCH3 is 1. The van der Waals surface area contributed by atoms with Gasteiger partial charge in [0.1, 0.15) is 6.61 Å². The topological polar surface area (TPSA) is 76.1 Å². The van der Waals surface area contributed by atoms with E-state index in [1.54, 1.807) is 0 Å². The number of ether oxygens (including phenoxy) is 2. The van der Waals surface area contributed by atoms with Crippen LogP contribution in [-0.4, -0.2) is 60.4 Å². The molecule has 6 heteroatoms. The molecule has 0 aromatic heterocycles. The molecule has 0 spiro atoms. The minimum absolute atomic E-state index is 0.0294. The van der Waals surface area contributed by atoms with Crippen molar-refractivity contribution in [3.63, 3.8) is 0 Å². The average molecular weight is 327 g/mol. The number of hydrogen-bond donors (Lipinski definition) is 1. The Morgan fingerprint density at radius 3 is 2.52 bits per heavy atom. The highest BCUT2D eigenvalue weighted by Crippen LogP contribution is 2.35. The Morgan fingerprint density at radius 1 is 1.22 bits per heavy atom. The van der Waals surface area contributed by atoms with Gasteiger partial charge in [0, 0.05) is 12.1 Å². The number of aliphatic hydroxyl groups is 1. The number of carbonyl (C=O) groups excluding carboxylic acids is 2. The molecule has 6 nitrogen and oxygen atoms in total. The van der Waals surface area contributed by atoms with E-state index in [4.69, 9.17) is 9.47 Å². The van der Waals surface area contributed by atoms with Crippen molar-refractivity contribution in [1.29, 1.82) is 0 Å². The van der Waals surface area contributed by atoms with Crippen molar-refractivity contribution < 1.29 is 24.2 Å². The minimum atomic E-state index is -0.659. The van der Waals surface area contributed by atoms with Crippen LogP contribution < -0.4 is 0 Å². The number of fused-ring (bicyclic) bond motifs is 1. The molecule has 0 aromatic rings. The van der Waals surface area contributed by atoms with Crippen molar-refractivity contribution in [3.05, 3.63) is 0 Å². The second kappa shape index (κ2) is 7.18. The molecule has 4 atom stereocenters. The van der Waals surface area contributed by atoms with Gasteiger partial charge in [0.05, 0.1) is 24.5 Å². The maximum atomic E-state index is 12.1. The van der Waals surface area contributed by atoms with Crippen molar-refractivity contribution in [2.75, 3.05) is 20.3 Å². The fourth-order valence-electron chi connectivity index (χ4n) is 3.64. The molecular formula is C17H29NO5. The fourth-order valence-corrected chi connectivity index (χ4v) is 3.64. The number of aliphatic hydroxyl groups excluding tert-OH is 1. The molecule has 2 heterocycles. The number of carbonyl (C=O) groups is 2. The molecule has 0 aromatic carbocycles. The van der Waals surface area contributed by atoms with E-state index in [1.165, 1.54) is 7.11 Å². The predicted octanol–water partition coefficient (Wildman–Crippen LogP) is 1.35. The van der Waals surface area contributed by atoms with Gasteiger partial charge in [-0.15, -0.1) is 0 Å². The standard InChI is InChI=1S/C17H29NO5/c1-17(2,3)16(21)23-10-11-7-8-12-14(15(20)22-4)13(19)6-5-9-18(11)12/h11-14,19H,5-10H2,1-4H3/t11-,12-,13-,14-/m0/s1. The number of rotatable bonds is 3. The molecule has 23 heavy (non-hydrogen) atoms. The highest BCUT2D eigenvalue weighted by molar-refractivity contribution is 5.75. The summed E-state index contributed by atoms with van der Waals surface area (Å²) in [6, 6.07) is 0.0852. The van der Waals surface area contributed by atoms with Gasteiger partial charge in [-0.1, -0.05) is 0 Å². The first kappa shape index (κ1) is 18.2. The van der Waals surface area contributed by atoms with Crippen LogP contribution in [0.2, 0.25) is 0 Å². The first-order chi connectivity index (χ1) is 10.8. The quantitative estimate of drug-likeness (QED) is 0.789. The highest BCUT2D eigenvalue weighted by atomic mass is 16.5. The average Bonchev–Trinajstić information content (AvgIpc) is 2.78. The predicted molar refractivity (Wildman–Crippen MR) is 84.7 cm³/mol. The minimum Gasteiger partial charge on any atom is -0.469 e. The van der Waals surface area contributed by atoms with Gasteiger partial charge >= 0.3 is 11.9 Å². The summed E-state index contributed by atoms with van der Waals surface area (Å²) < 4.78 is 10.4. The zero-order valence-corrected chi connectivity index (χ0v) is 14.6. The highest BCUT2D eigenvalue weighted by Gasteiger charge is 2.46. The summed E-state index contributed by atoms with van der Waals surface area (Å²) in [7, 11) is 1.36. The molecule has 2 aliphatic heterocycles. The molecular weight excluding hydrogens is 298 g/mol. The van der Waals surface area contributed by atoms with Crippen molar-refractivity contribution >= 4 is 11.9 Å². The van der Waals surface area contributed by atoms with Gasteiger partial charge in [-0.05, 0) is 53.0 Å². The Balaban J connectivity index is 2.04. The van der Waals surface area contributed by atoms with Gasteiger partial charge in [-0.3, -0.25) is 14.5 Å². The second-order valence-corrected chi connectivity index (χ2v) is 7.64. The van der Waals surface area contributed by atoms with Crippen LogP contribution in [0.5, 0.6) is 0 Å². The van der Waals surface area contributed by atoms with Gasteiger partial charge in [0.2, 0.25) is 0 Å². The van der Waals surface area contributed by atoms with E-state index in [2.05, 4.69) is 4.90 Å². The van der Waals surface area contributed by atoms with Gasteiger partial charge < -0.3 is 14.6 Å². The van der Waals surface area contributed by atoms with Crippen molar-refractivity contribution in [2.24, 2.45) is 11.3 Å². The van der Waals surface area contributed by atoms with Crippen LogP contribution in [0.4, 0.5) is 0 Å². The van der Waals surface area contributed by atoms with Crippen molar-refractivity contribution in [2.45, 2.75) is 64.6 Å². The molecule has 2 rings (SSSR count). The third-order valence-electron chi connectivity index (χ3n) is 4.93. The molecule has 2 saturated heterocycles. The van der Waals surface area contributed by atoms with Gasteiger partial charge in [0.15, 0.2) is 0 Å². The molecule has 0 aliphatic carbocycles. The summed E-state index contributed by atoms with van der Waals surface area (Å²) in [6.45, 7) is 6.66. The van der Waals surface area contributed by atoms with E-state index in [0.717, 1.165) is 25.8 Å². The number of esters is 2. The third kappa shape index (κ3) is 4.04. The van der Waals surface area contributed by atoms with Crippen LogP contribution in [0.1, 0.15) is 46.5 Å². The van der Waals surface area contributed by atoms with Gasteiger partial charge in [0.25, 0.3) is 0 Å². The zero-order chi connectivity index (χ0) is 17.2. The molecule has 1 N–H and O–H groups in total. The summed E-state index contributed by atoms with van der Waals surface area (Å²) in [4.78, 5) is 26.3. The lowest BCUT2D eigenvalue weighted by molar-refractivity contribution is -0.156. The van der Waals surface area contributed by atoms with Crippen LogP contribution in [0, 0.1) is 11.3 Å². The maximum Gasteiger partial charge on any atom is 0.312 e. The Hall–Kier alpha value is -1.14. The number of nitrogens with zero attached hydrogens (tertiary/aromatic N) is 1. The van der Waals surface area contributed by atoms with Crippen LogP contribution in [-0.2, 0) is 19.1 Å². The first-order valence-corrected chi connectivity index (χ1v) is 8.44. The second-order valence-electron chi connectivity index (χ2n) is 7.64.